The second-order valence-electron chi connectivity index (χ2n) is 15.0. The van der Waals surface area contributed by atoms with Gasteiger partial charge < -0.3 is 14.4 Å². The van der Waals surface area contributed by atoms with Crippen LogP contribution in [0.25, 0.3) is 65.2 Å². The largest absolute Gasteiger partial charge is 0.498 e. The van der Waals surface area contributed by atoms with Gasteiger partial charge in [-0.2, -0.15) is 0 Å². The Morgan fingerprint density at radius 1 is 0.855 bits per heavy atom. The summed E-state index contributed by atoms with van der Waals surface area (Å²) in [5.74, 6) is -3.27. The van der Waals surface area contributed by atoms with Crippen LogP contribution in [0.4, 0.5) is 0 Å². The summed E-state index contributed by atoms with van der Waals surface area (Å²) in [4.78, 5) is 13.8. The Hall–Kier alpha value is -4.26. The van der Waals surface area contributed by atoms with E-state index in [4.69, 9.17) is 17.6 Å². The van der Waals surface area contributed by atoms with Crippen molar-refractivity contribution in [3.8, 4) is 33.1 Å². The Bertz CT molecular complexity index is 2900. The van der Waals surface area contributed by atoms with Crippen molar-refractivity contribution in [2.75, 3.05) is 0 Å². The molecule has 0 aliphatic heterocycles. The van der Waals surface area contributed by atoms with Crippen LogP contribution in [0.2, 0.25) is 19.6 Å². The molecule has 4 aromatic carbocycles. The zero-order valence-corrected chi connectivity index (χ0v) is 36.2. The van der Waals surface area contributed by atoms with Crippen molar-refractivity contribution in [1.82, 2.24) is 15.0 Å². The fraction of sp³-hybridized carbons (Fsp3) is 0.271. The molecule has 0 N–H and O–H groups in total. The number of hydrogen-bond acceptors (Lipinski definition) is 5. The molecule has 0 atom stereocenters. The first-order chi connectivity index (χ1) is 29.4. The van der Waals surface area contributed by atoms with E-state index in [1.165, 1.54) is 12.3 Å². The summed E-state index contributed by atoms with van der Waals surface area (Å²) in [6.45, 7) is 9.17. The maximum atomic E-state index is 9.62. The van der Waals surface area contributed by atoms with E-state index in [0.29, 0.717) is 39.1 Å². The van der Waals surface area contributed by atoms with Gasteiger partial charge >= 0.3 is 0 Å². The standard InChI is InChI=1S/C36H39N2OSSi.C12H10N.Ir/c1-21(2)32(22(3)4)27-18-30(37-19-23(27)5)29-17-24(20-41(6,7)8)16-28-26-14-15-31-33(35(26)39-34(28)29)38-36(40-31)25-12-10-9-11-13-25;1-10-5-7-11(8-6-10)12-4-2-3-9-13-12;/h9-16,18-19,21-22,32H,20H2,1-8H3;2-7,9H,1H3;/q2*-1;/i5D3,20D2,32D;1D3;. The van der Waals surface area contributed by atoms with Crippen LogP contribution in [0.1, 0.15) is 68.2 Å². The predicted octanol–water partition coefficient (Wildman–Crippen LogP) is 13.7. The van der Waals surface area contributed by atoms with Crippen LogP contribution in [-0.4, -0.2) is 23.0 Å². The number of furan rings is 1. The number of pyridine rings is 2. The zero-order chi connectivity index (χ0) is 45.9. The Morgan fingerprint density at radius 2 is 1.64 bits per heavy atom. The second kappa shape index (κ2) is 16.8. The van der Waals surface area contributed by atoms with Crippen LogP contribution in [0.5, 0.6) is 0 Å². The molecule has 4 nitrogen and oxygen atoms in total. The van der Waals surface area contributed by atoms with Crippen LogP contribution in [0.3, 0.4) is 0 Å². The summed E-state index contributed by atoms with van der Waals surface area (Å²) in [5, 5.41) is 2.39. The Balaban J connectivity index is 0.000000336. The van der Waals surface area contributed by atoms with Crippen molar-refractivity contribution >= 4 is 51.6 Å². The average molecular weight is 945 g/mol. The van der Waals surface area contributed by atoms with Gasteiger partial charge in [0.25, 0.3) is 0 Å². The van der Waals surface area contributed by atoms with Gasteiger partial charge in [-0.3, -0.25) is 0 Å². The fourth-order valence-electron chi connectivity index (χ4n) is 6.85. The van der Waals surface area contributed by atoms with Crippen LogP contribution >= 0.6 is 11.3 Å². The molecule has 0 unspecified atom stereocenters. The van der Waals surface area contributed by atoms with E-state index < -0.39 is 33.7 Å². The molecule has 283 valence electrons. The number of hydrogen-bond donors (Lipinski definition) is 0. The normalized spacial score (nSPS) is 15.1. The summed E-state index contributed by atoms with van der Waals surface area (Å²) < 4.78 is 82.4. The van der Waals surface area contributed by atoms with E-state index in [1.807, 2.05) is 114 Å². The van der Waals surface area contributed by atoms with E-state index >= 15 is 0 Å². The van der Waals surface area contributed by atoms with Crippen LogP contribution in [0.15, 0.2) is 108 Å². The molecular weight excluding hydrogens is 887 g/mol. The monoisotopic (exact) mass is 945 g/mol. The van der Waals surface area contributed by atoms with Gasteiger partial charge in [0.2, 0.25) is 0 Å². The third kappa shape index (κ3) is 8.92. The number of benzene rings is 4. The second-order valence-corrected chi connectivity index (χ2v) is 20.8. The molecule has 0 saturated carbocycles. The van der Waals surface area contributed by atoms with Gasteiger partial charge in [-0.15, -0.1) is 64.4 Å². The molecule has 0 aliphatic carbocycles. The summed E-state index contributed by atoms with van der Waals surface area (Å²) in [6.07, 6.45) is 3.06. The van der Waals surface area contributed by atoms with Crippen molar-refractivity contribution in [3.63, 3.8) is 0 Å². The molecule has 4 heterocycles. The molecule has 55 heavy (non-hydrogen) atoms. The Kier molecular flexibility index (Phi) is 9.17. The molecule has 7 heteroatoms. The number of aromatic nitrogens is 3. The molecule has 4 aromatic heterocycles. The Labute approximate surface area is 357 Å². The van der Waals surface area contributed by atoms with E-state index in [9.17, 15) is 4.11 Å². The molecule has 1 radical (unpaired) electrons. The SMILES string of the molecule is [2H]C([2H])([2H])c1c[c-]c(-c2ccccn2)cc1.[2H]C([2H])([2H])c1cnc(-c2[c-]c(C([2H])([2H])[Si](C)(C)C)cc3c2oc2c3ccc3sc(-c4ccccc4)nc32)cc1C([2H])(C(C)C)C(C)C.[Ir]. The maximum Gasteiger partial charge on any atom is 0.148 e. The van der Waals surface area contributed by atoms with Gasteiger partial charge in [0.15, 0.2) is 0 Å². The minimum Gasteiger partial charge on any atom is -0.498 e. The third-order valence-corrected chi connectivity index (χ3v) is 11.1. The van der Waals surface area contributed by atoms with E-state index in [1.54, 1.807) is 35.7 Å². The van der Waals surface area contributed by atoms with Crippen LogP contribution < -0.4 is 0 Å². The van der Waals surface area contributed by atoms with Crippen LogP contribution in [0, 0.1) is 37.7 Å². The summed E-state index contributed by atoms with van der Waals surface area (Å²) in [7, 11) is -2.43. The summed E-state index contributed by atoms with van der Waals surface area (Å²) in [5.41, 5.74) is 6.36. The zero-order valence-electron chi connectivity index (χ0n) is 41.0. The minimum atomic E-state index is -2.47. The van der Waals surface area contributed by atoms with Crippen LogP contribution in [-0.2, 0) is 26.1 Å². The topological polar surface area (TPSA) is 51.8 Å². The first-order valence-electron chi connectivity index (χ1n) is 22.7. The van der Waals surface area contributed by atoms with Crippen molar-refractivity contribution in [1.29, 1.82) is 0 Å². The van der Waals surface area contributed by atoms with Gasteiger partial charge in [-0.25, -0.2) is 4.98 Å². The van der Waals surface area contributed by atoms with Crippen molar-refractivity contribution < 1.29 is 36.9 Å². The van der Waals surface area contributed by atoms with Gasteiger partial charge in [-0.1, -0.05) is 120 Å². The molecule has 0 spiro atoms. The van der Waals surface area contributed by atoms with E-state index in [-0.39, 0.29) is 37.5 Å². The minimum absolute atomic E-state index is 0. The molecule has 0 amide bonds. The molecule has 8 aromatic rings. The number of thiazole rings is 1. The first kappa shape index (κ1) is 29.9. The molecule has 0 aliphatic rings. The first-order valence-corrected chi connectivity index (χ1v) is 22.5. The van der Waals surface area contributed by atoms with Crippen molar-refractivity contribution in [3.05, 3.63) is 138 Å². The van der Waals surface area contributed by atoms with Gasteiger partial charge in [0, 0.05) is 63.9 Å². The van der Waals surface area contributed by atoms with Gasteiger partial charge in [0.1, 0.15) is 16.1 Å². The fourth-order valence-corrected chi connectivity index (χ4v) is 8.76. The summed E-state index contributed by atoms with van der Waals surface area (Å²) >= 11 is 1.58. The number of fused-ring (bicyclic) bond motifs is 5. The number of rotatable bonds is 8. The molecule has 0 saturated heterocycles. The molecule has 0 bridgehead atoms. The molecule has 0 fully saturated rings. The van der Waals surface area contributed by atoms with Gasteiger partial charge in [-0.05, 0) is 65.2 Å². The third-order valence-electron chi connectivity index (χ3n) is 9.03. The Morgan fingerprint density at radius 3 is 2.29 bits per heavy atom. The van der Waals surface area contributed by atoms with E-state index in [2.05, 4.69) is 22.1 Å². The number of aryl methyl sites for hydroxylation is 2. The smallest absolute Gasteiger partial charge is 0.148 e. The number of nitrogens with zero attached hydrogens (tertiary/aromatic N) is 3. The molecule has 8 rings (SSSR count). The average Bonchev–Trinajstić information content (AvgIpc) is 3.85. The van der Waals surface area contributed by atoms with Gasteiger partial charge in [0.05, 0.1) is 10.3 Å². The maximum absolute atomic E-state index is 9.62. The predicted molar refractivity (Wildman–Crippen MR) is 232 cm³/mol. The molecular formula is C48H49IrN3OSSi-2. The van der Waals surface area contributed by atoms with E-state index in [0.717, 1.165) is 42.8 Å². The summed E-state index contributed by atoms with van der Waals surface area (Å²) in [6, 6.07) is 34.3. The quantitative estimate of drug-likeness (QED) is 0.112. The van der Waals surface area contributed by atoms with Crippen molar-refractivity contribution in [2.45, 2.75) is 72.9 Å². The van der Waals surface area contributed by atoms with Crippen molar-refractivity contribution in [2.24, 2.45) is 11.8 Å².